The third-order valence-electron chi connectivity index (χ3n) is 2.77. The van der Waals surface area contributed by atoms with E-state index in [1.54, 1.807) is 24.3 Å². The number of ether oxygens (including phenoxy) is 1. The van der Waals surface area contributed by atoms with Crippen LogP contribution in [0.25, 0.3) is 0 Å². The van der Waals surface area contributed by atoms with Crippen molar-refractivity contribution < 1.29 is 18.6 Å². The number of rotatable bonds is 4. The van der Waals surface area contributed by atoms with Crippen molar-refractivity contribution in [1.29, 1.82) is 0 Å². The predicted molar refractivity (Wildman–Crippen MR) is 68.1 cm³/mol. The SMILES string of the molecule is CC[C@@H](O)c1ccc(Oc2ccc(F)cc2F)cc1. The zero-order valence-corrected chi connectivity index (χ0v) is 10.4. The highest BCUT2D eigenvalue weighted by atomic mass is 19.1. The first kappa shape index (κ1) is 13.5. The van der Waals surface area contributed by atoms with Crippen LogP contribution in [0.3, 0.4) is 0 Å². The number of halogens is 2. The number of aliphatic hydroxyl groups is 1. The summed E-state index contributed by atoms with van der Waals surface area (Å²) in [6, 6.07) is 9.83. The van der Waals surface area contributed by atoms with E-state index in [1.165, 1.54) is 6.07 Å². The van der Waals surface area contributed by atoms with Crippen LogP contribution in [0.4, 0.5) is 8.78 Å². The second-order valence-electron chi connectivity index (χ2n) is 4.17. The van der Waals surface area contributed by atoms with Crippen LogP contribution in [0, 0.1) is 11.6 Å². The fourth-order valence-corrected chi connectivity index (χ4v) is 1.68. The lowest BCUT2D eigenvalue weighted by Crippen LogP contribution is -1.95. The van der Waals surface area contributed by atoms with Gasteiger partial charge in [-0.2, -0.15) is 0 Å². The van der Waals surface area contributed by atoms with Crippen LogP contribution in [-0.2, 0) is 0 Å². The summed E-state index contributed by atoms with van der Waals surface area (Å²) in [5.74, 6) is -1.01. The van der Waals surface area contributed by atoms with E-state index in [0.29, 0.717) is 12.2 Å². The van der Waals surface area contributed by atoms with Gasteiger partial charge >= 0.3 is 0 Å². The Kier molecular flexibility index (Phi) is 4.12. The molecule has 0 aromatic heterocycles. The van der Waals surface area contributed by atoms with Gasteiger partial charge in [0.05, 0.1) is 6.10 Å². The lowest BCUT2D eigenvalue weighted by molar-refractivity contribution is 0.173. The van der Waals surface area contributed by atoms with E-state index in [9.17, 15) is 13.9 Å². The molecule has 0 radical (unpaired) electrons. The van der Waals surface area contributed by atoms with Gasteiger partial charge in [0, 0.05) is 6.07 Å². The number of hydrogen-bond acceptors (Lipinski definition) is 2. The van der Waals surface area contributed by atoms with Crippen LogP contribution in [0.5, 0.6) is 11.5 Å². The van der Waals surface area contributed by atoms with E-state index in [1.807, 2.05) is 6.92 Å². The quantitative estimate of drug-likeness (QED) is 0.896. The van der Waals surface area contributed by atoms with Gasteiger partial charge in [0.15, 0.2) is 11.6 Å². The Morgan fingerprint density at radius 1 is 1.11 bits per heavy atom. The molecule has 0 saturated carbocycles. The van der Waals surface area contributed by atoms with E-state index in [0.717, 1.165) is 17.7 Å². The number of benzene rings is 2. The first-order chi connectivity index (χ1) is 9.10. The Bertz CT molecular complexity index is 553. The third-order valence-corrected chi connectivity index (χ3v) is 2.77. The molecule has 0 fully saturated rings. The highest BCUT2D eigenvalue weighted by molar-refractivity contribution is 5.34. The van der Waals surface area contributed by atoms with Crippen molar-refractivity contribution in [3.8, 4) is 11.5 Å². The van der Waals surface area contributed by atoms with Crippen LogP contribution in [0.2, 0.25) is 0 Å². The summed E-state index contributed by atoms with van der Waals surface area (Å²) < 4.78 is 31.4. The maximum absolute atomic E-state index is 13.4. The number of aliphatic hydroxyl groups excluding tert-OH is 1. The second-order valence-corrected chi connectivity index (χ2v) is 4.17. The number of hydrogen-bond donors (Lipinski definition) is 1. The molecule has 0 bridgehead atoms. The summed E-state index contributed by atoms with van der Waals surface area (Å²) in [5, 5.41) is 9.64. The molecule has 4 heteroatoms. The monoisotopic (exact) mass is 264 g/mol. The minimum Gasteiger partial charge on any atom is -0.454 e. The van der Waals surface area contributed by atoms with Crippen molar-refractivity contribution in [2.75, 3.05) is 0 Å². The Balaban J connectivity index is 2.15. The van der Waals surface area contributed by atoms with Gasteiger partial charge in [-0.25, -0.2) is 8.78 Å². The molecule has 0 aliphatic rings. The van der Waals surface area contributed by atoms with Gasteiger partial charge in [-0.05, 0) is 36.2 Å². The summed E-state index contributed by atoms with van der Waals surface area (Å²) in [7, 11) is 0. The average Bonchev–Trinajstić information content (AvgIpc) is 2.42. The normalized spacial score (nSPS) is 12.2. The maximum atomic E-state index is 13.4. The van der Waals surface area contributed by atoms with Crippen molar-refractivity contribution in [2.45, 2.75) is 19.4 Å². The molecular formula is C15H14F2O2. The fraction of sp³-hybridized carbons (Fsp3) is 0.200. The summed E-state index contributed by atoms with van der Waals surface area (Å²) >= 11 is 0. The molecule has 0 spiro atoms. The smallest absolute Gasteiger partial charge is 0.168 e. The first-order valence-electron chi connectivity index (χ1n) is 6.01. The molecule has 2 aromatic carbocycles. The minimum atomic E-state index is -0.752. The molecule has 0 aliphatic heterocycles. The Hall–Kier alpha value is -1.94. The minimum absolute atomic E-state index is 0.0369. The van der Waals surface area contributed by atoms with E-state index in [2.05, 4.69) is 0 Å². The lowest BCUT2D eigenvalue weighted by atomic mass is 10.1. The summed E-state index contributed by atoms with van der Waals surface area (Å²) in [6.45, 7) is 1.88. The molecule has 0 saturated heterocycles. The van der Waals surface area contributed by atoms with E-state index < -0.39 is 17.7 Å². The zero-order chi connectivity index (χ0) is 13.8. The van der Waals surface area contributed by atoms with Gasteiger partial charge in [-0.15, -0.1) is 0 Å². The standard InChI is InChI=1S/C15H14F2O2/c1-2-14(18)10-3-6-12(7-4-10)19-15-8-5-11(16)9-13(15)17/h3-9,14,18H,2H2,1H3/t14-/m1/s1. The predicted octanol–water partition coefficient (Wildman–Crippen LogP) is 4.20. The highest BCUT2D eigenvalue weighted by Gasteiger charge is 2.08. The third kappa shape index (κ3) is 3.29. The molecule has 100 valence electrons. The molecule has 0 aliphatic carbocycles. The highest BCUT2D eigenvalue weighted by Crippen LogP contribution is 2.26. The second kappa shape index (κ2) is 5.80. The molecule has 2 aromatic rings. The largest absolute Gasteiger partial charge is 0.454 e. The molecule has 19 heavy (non-hydrogen) atoms. The molecular weight excluding hydrogens is 250 g/mol. The Morgan fingerprint density at radius 2 is 1.79 bits per heavy atom. The van der Waals surface area contributed by atoms with Gasteiger partial charge in [0.25, 0.3) is 0 Å². The van der Waals surface area contributed by atoms with Gasteiger partial charge in [-0.1, -0.05) is 19.1 Å². The van der Waals surface area contributed by atoms with Gasteiger partial charge in [-0.3, -0.25) is 0 Å². The molecule has 2 rings (SSSR count). The molecule has 0 heterocycles. The summed E-state index contributed by atoms with van der Waals surface area (Å²) in [5.41, 5.74) is 0.773. The van der Waals surface area contributed by atoms with E-state index in [4.69, 9.17) is 4.74 Å². The maximum Gasteiger partial charge on any atom is 0.168 e. The van der Waals surface area contributed by atoms with Gasteiger partial charge < -0.3 is 9.84 Å². The molecule has 1 N–H and O–H groups in total. The molecule has 0 amide bonds. The average molecular weight is 264 g/mol. The van der Waals surface area contributed by atoms with E-state index in [-0.39, 0.29) is 5.75 Å². The van der Waals surface area contributed by atoms with Gasteiger partial charge in [0.2, 0.25) is 0 Å². The summed E-state index contributed by atoms with van der Waals surface area (Å²) in [6.07, 6.45) is 0.101. The fourth-order valence-electron chi connectivity index (χ4n) is 1.68. The lowest BCUT2D eigenvalue weighted by Gasteiger charge is -2.10. The molecule has 0 unspecified atom stereocenters. The van der Waals surface area contributed by atoms with Crippen molar-refractivity contribution in [3.63, 3.8) is 0 Å². The first-order valence-corrected chi connectivity index (χ1v) is 6.01. The molecule has 1 atom stereocenters. The van der Waals surface area contributed by atoms with Crippen molar-refractivity contribution in [3.05, 3.63) is 59.7 Å². The zero-order valence-electron chi connectivity index (χ0n) is 10.4. The van der Waals surface area contributed by atoms with Crippen LogP contribution < -0.4 is 4.74 Å². The Morgan fingerprint density at radius 3 is 2.37 bits per heavy atom. The van der Waals surface area contributed by atoms with Crippen LogP contribution in [-0.4, -0.2) is 5.11 Å². The topological polar surface area (TPSA) is 29.5 Å². The van der Waals surface area contributed by atoms with Crippen molar-refractivity contribution in [1.82, 2.24) is 0 Å². The van der Waals surface area contributed by atoms with Crippen molar-refractivity contribution in [2.24, 2.45) is 0 Å². The van der Waals surface area contributed by atoms with Gasteiger partial charge in [0.1, 0.15) is 11.6 Å². The summed E-state index contributed by atoms with van der Waals surface area (Å²) in [4.78, 5) is 0. The van der Waals surface area contributed by atoms with Crippen molar-refractivity contribution >= 4 is 0 Å². The van der Waals surface area contributed by atoms with E-state index >= 15 is 0 Å². The Labute approximate surface area is 110 Å². The van der Waals surface area contributed by atoms with Crippen LogP contribution in [0.15, 0.2) is 42.5 Å². The molecule has 2 nitrogen and oxygen atoms in total. The van der Waals surface area contributed by atoms with Crippen LogP contribution >= 0.6 is 0 Å². The van der Waals surface area contributed by atoms with Crippen LogP contribution in [0.1, 0.15) is 25.0 Å².